The molecule has 0 bridgehead atoms. The van der Waals surface area contributed by atoms with Crippen molar-refractivity contribution >= 4 is 21.8 Å². The molecule has 0 aliphatic carbocycles. The number of amides is 1. The summed E-state index contributed by atoms with van der Waals surface area (Å²) >= 11 is 3.42. The topological polar surface area (TPSA) is 50.4 Å². The highest BCUT2D eigenvalue weighted by Crippen LogP contribution is 2.23. The Bertz CT molecular complexity index is 469. The molecular formula is C14H17BrN2O2. The molecule has 0 saturated carbocycles. The fourth-order valence-corrected chi connectivity index (χ4v) is 1.90. The van der Waals surface area contributed by atoms with E-state index in [4.69, 9.17) is 11.2 Å². The minimum Gasteiger partial charge on any atom is -0.481 e. The van der Waals surface area contributed by atoms with Crippen molar-refractivity contribution in [2.45, 2.75) is 13.0 Å². The SMILES string of the molecule is C#CCOc1ccc(Br)cc1CNCCC(=O)NC. The minimum atomic E-state index is 0.0190. The van der Waals surface area contributed by atoms with E-state index in [1.54, 1.807) is 7.05 Å². The summed E-state index contributed by atoms with van der Waals surface area (Å²) in [5.74, 6) is 3.22. The minimum absolute atomic E-state index is 0.0190. The van der Waals surface area contributed by atoms with Crippen molar-refractivity contribution in [1.82, 2.24) is 10.6 Å². The Kier molecular flexibility index (Phi) is 7.01. The van der Waals surface area contributed by atoms with E-state index in [2.05, 4.69) is 32.5 Å². The molecule has 0 saturated heterocycles. The monoisotopic (exact) mass is 324 g/mol. The summed E-state index contributed by atoms with van der Waals surface area (Å²) in [6.45, 7) is 1.48. The number of ether oxygens (including phenoxy) is 1. The van der Waals surface area contributed by atoms with Gasteiger partial charge in [0.15, 0.2) is 0 Å². The van der Waals surface area contributed by atoms with Gasteiger partial charge in [-0.25, -0.2) is 0 Å². The standard InChI is InChI=1S/C14H17BrN2O2/c1-3-8-19-13-5-4-12(15)9-11(13)10-17-7-6-14(18)16-2/h1,4-5,9,17H,6-8,10H2,2H3,(H,16,18). The number of terminal acetylenes is 1. The maximum absolute atomic E-state index is 11.1. The van der Waals surface area contributed by atoms with Crippen LogP contribution in [0.25, 0.3) is 0 Å². The van der Waals surface area contributed by atoms with E-state index < -0.39 is 0 Å². The second-order valence-electron chi connectivity index (χ2n) is 3.84. The van der Waals surface area contributed by atoms with Crippen LogP contribution in [0.15, 0.2) is 22.7 Å². The summed E-state index contributed by atoms with van der Waals surface area (Å²) in [7, 11) is 1.63. The maximum Gasteiger partial charge on any atom is 0.221 e. The number of nitrogens with one attached hydrogen (secondary N) is 2. The predicted molar refractivity (Wildman–Crippen MR) is 78.9 cm³/mol. The van der Waals surface area contributed by atoms with Gasteiger partial charge in [0.2, 0.25) is 5.91 Å². The zero-order valence-corrected chi connectivity index (χ0v) is 12.4. The Morgan fingerprint density at radius 2 is 2.32 bits per heavy atom. The lowest BCUT2D eigenvalue weighted by atomic mass is 10.2. The zero-order valence-electron chi connectivity index (χ0n) is 10.8. The van der Waals surface area contributed by atoms with Gasteiger partial charge in [-0.2, -0.15) is 0 Å². The van der Waals surface area contributed by atoms with E-state index in [1.165, 1.54) is 0 Å². The van der Waals surface area contributed by atoms with Crippen molar-refractivity contribution in [2.24, 2.45) is 0 Å². The highest BCUT2D eigenvalue weighted by atomic mass is 79.9. The zero-order chi connectivity index (χ0) is 14.1. The number of rotatable bonds is 7. The van der Waals surface area contributed by atoms with Crippen molar-refractivity contribution in [2.75, 3.05) is 20.2 Å². The molecule has 1 aromatic rings. The molecule has 4 nitrogen and oxygen atoms in total. The van der Waals surface area contributed by atoms with Crippen LogP contribution in [0.1, 0.15) is 12.0 Å². The molecule has 0 heterocycles. The van der Waals surface area contributed by atoms with E-state index in [-0.39, 0.29) is 12.5 Å². The number of carbonyl (C=O) groups excluding carboxylic acids is 1. The van der Waals surface area contributed by atoms with Crippen molar-refractivity contribution in [1.29, 1.82) is 0 Å². The Morgan fingerprint density at radius 1 is 1.53 bits per heavy atom. The van der Waals surface area contributed by atoms with Crippen molar-refractivity contribution < 1.29 is 9.53 Å². The summed E-state index contributed by atoms with van der Waals surface area (Å²) < 4.78 is 6.44. The van der Waals surface area contributed by atoms with Crippen LogP contribution in [0.4, 0.5) is 0 Å². The third-order valence-electron chi connectivity index (χ3n) is 2.46. The first kappa shape index (κ1) is 15.5. The Labute approximate surface area is 122 Å². The second kappa shape index (κ2) is 8.57. The van der Waals surface area contributed by atoms with E-state index in [9.17, 15) is 4.79 Å². The molecule has 0 unspecified atom stereocenters. The molecule has 0 atom stereocenters. The lowest BCUT2D eigenvalue weighted by Gasteiger charge is -2.11. The lowest BCUT2D eigenvalue weighted by Crippen LogP contribution is -2.24. The van der Waals surface area contributed by atoms with Gasteiger partial charge in [-0.3, -0.25) is 4.79 Å². The van der Waals surface area contributed by atoms with Gasteiger partial charge in [-0.15, -0.1) is 6.42 Å². The molecule has 19 heavy (non-hydrogen) atoms. The number of halogens is 1. The number of benzene rings is 1. The van der Waals surface area contributed by atoms with Crippen molar-refractivity contribution in [3.8, 4) is 18.1 Å². The molecule has 5 heteroatoms. The van der Waals surface area contributed by atoms with Crippen molar-refractivity contribution in [3.63, 3.8) is 0 Å². The van der Waals surface area contributed by atoms with Crippen LogP contribution >= 0.6 is 15.9 Å². The quantitative estimate of drug-likeness (QED) is 0.592. The van der Waals surface area contributed by atoms with Crippen molar-refractivity contribution in [3.05, 3.63) is 28.2 Å². The van der Waals surface area contributed by atoms with E-state index in [0.717, 1.165) is 15.8 Å². The molecule has 1 amide bonds. The Morgan fingerprint density at radius 3 is 3.00 bits per heavy atom. The van der Waals surface area contributed by atoms with Gasteiger partial charge in [-0.05, 0) is 18.2 Å². The Balaban J connectivity index is 2.53. The van der Waals surface area contributed by atoms with Crippen LogP contribution in [-0.2, 0) is 11.3 Å². The fourth-order valence-electron chi connectivity index (χ4n) is 1.50. The van der Waals surface area contributed by atoms with Gasteiger partial charge in [0.25, 0.3) is 0 Å². The molecule has 1 rings (SSSR count). The summed E-state index contributed by atoms with van der Waals surface area (Å²) in [5.41, 5.74) is 1.00. The fraction of sp³-hybridized carbons (Fsp3) is 0.357. The summed E-state index contributed by atoms with van der Waals surface area (Å²) in [5, 5.41) is 5.78. The third kappa shape index (κ3) is 5.77. The average molecular weight is 325 g/mol. The molecule has 0 radical (unpaired) electrons. The normalized spacial score (nSPS) is 9.74. The molecule has 0 aliphatic heterocycles. The molecule has 102 valence electrons. The van der Waals surface area contributed by atoms with Gasteiger partial charge >= 0.3 is 0 Å². The molecular weight excluding hydrogens is 308 g/mol. The van der Waals surface area contributed by atoms with E-state index in [1.807, 2.05) is 18.2 Å². The van der Waals surface area contributed by atoms with Crippen LogP contribution in [0.2, 0.25) is 0 Å². The van der Waals surface area contributed by atoms with Gasteiger partial charge in [-0.1, -0.05) is 21.9 Å². The first-order valence-corrected chi connectivity index (χ1v) is 6.72. The first-order valence-electron chi connectivity index (χ1n) is 5.93. The summed E-state index contributed by atoms with van der Waals surface area (Å²) in [6, 6.07) is 5.75. The number of hydrogen-bond acceptors (Lipinski definition) is 3. The van der Waals surface area contributed by atoms with Crippen LogP contribution in [0.3, 0.4) is 0 Å². The summed E-state index contributed by atoms with van der Waals surface area (Å²) in [6.07, 6.45) is 5.63. The molecule has 1 aromatic carbocycles. The molecule has 0 aromatic heterocycles. The number of carbonyl (C=O) groups is 1. The highest BCUT2D eigenvalue weighted by Gasteiger charge is 2.05. The molecule has 0 spiro atoms. The van der Waals surface area contributed by atoms with E-state index >= 15 is 0 Å². The van der Waals surface area contributed by atoms with Gasteiger partial charge in [0.05, 0.1) is 0 Å². The first-order chi connectivity index (χ1) is 9.17. The summed E-state index contributed by atoms with van der Waals surface area (Å²) in [4.78, 5) is 11.1. The van der Waals surface area contributed by atoms with Crippen LogP contribution < -0.4 is 15.4 Å². The molecule has 0 aliphatic rings. The predicted octanol–water partition coefficient (Wildman–Crippen LogP) is 1.69. The van der Waals surface area contributed by atoms with Crippen LogP contribution in [0, 0.1) is 12.3 Å². The maximum atomic E-state index is 11.1. The lowest BCUT2D eigenvalue weighted by molar-refractivity contribution is -0.120. The Hall–Kier alpha value is -1.51. The number of hydrogen-bond donors (Lipinski definition) is 2. The van der Waals surface area contributed by atoms with Gasteiger partial charge < -0.3 is 15.4 Å². The van der Waals surface area contributed by atoms with Gasteiger partial charge in [0, 0.05) is 36.6 Å². The van der Waals surface area contributed by atoms with Gasteiger partial charge in [0.1, 0.15) is 12.4 Å². The highest BCUT2D eigenvalue weighted by molar-refractivity contribution is 9.10. The third-order valence-corrected chi connectivity index (χ3v) is 2.95. The smallest absolute Gasteiger partial charge is 0.221 e. The average Bonchev–Trinajstić information content (AvgIpc) is 2.42. The largest absolute Gasteiger partial charge is 0.481 e. The molecule has 0 fully saturated rings. The van der Waals surface area contributed by atoms with Crippen LogP contribution in [0.5, 0.6) is 5.75 Å². The van der Waals surface area contributed by atoms with E-state index in [0.29, 0.717) is 19.5 Å². The molecule has 2 N–H and O–H groups in total. The van der Waals surface area contributed by atoms with Crippen LogP contribution in [-0.4, -0.2) is 26.1 Å². The second-order valence-corrected chi connectivity index (χ2v) is 4.76.